The van der Waals surface area contributed by atoms with E-state index in [1.165, 1.54) is 11.3 Å². The van der Waals surface area contributed by atoms with Gasteiger partial charge in [0.2, 0.25) is 0 Å². The van der Waals surface area contributed by atoms with Crippen LogP contribution in [0.3, 0.4) is 0 Å². The molecule has 0 radical (unpaired) electrons. The quantitative estimate of drug-likeness (QED) is 0.565. The lowest BCUT2D eigenvalue weighted by atomic mass is 10.2. The third kappa shape index (κ3) is 3.54. The third-order valence-corrected chi connectivity index (χ3v) is 5.36. The lowest BCUT2D eigenvalue weighted by Gasteiger charge is -2.16. The van der Waals surface area contributed by atoms with E-state index >= 15 is 0 Å². The first-order chi connectivity index (χ1) is 13.6. The van der Waals surface area contributed by atoms with Crippen molar-refractivity contribution in [1.29, 1.82) is 0 Å². The number of pyridine rings is 2. The Morgan fingerprint density at radius 1 is 1.18 bits per heavy atom. The molecule has 1 amide bonds. The number of hydrogen-bond donors (Lipinski definition) is 1. The average molecular weight is 391 g/mol. The molecule has 1 N–H and O–H groups in total. The van der Waals surface area contributed by atoms with Gasteiger partial charge in [-0.25, -0.2) is 4.98 Å². The van der Waals surface area contributed by atoms with E-state index in [-0.39, 0.29) is 11.5 Å². The Bertz CT molecular complexity index is 1170. The number of fused-ring (bicyclic) bond motifs is 1. The molecule has 4 aromatic heterocycles. The van der Waals surface area contributed by atoms with Crippen molar-refractivity contribution in [3.8, 4) is 11.5 Å². The number of nitrogens with zero attached hydrogens (tertiary/aromatic N) is 4. The Morgan fingerprint density at radius 2 is 2.00 bits per heavy atom. The second kappa shape index (κ2) is 7.69. The molecule has 28 heavy (non-hydrogen) atoms. The Hall–Kier alpha value is -3.39. The first-order valence-electron chi connectivity index (χ1n) is 8.71. The summed E-state index contributed by atoms with van der Waals surface area (Å²) in [4.78, 5) is 42.5. The van der Waals surface area contributed by atoms with E-state index in [4.69, 9.17) is 0 Å². The number of hydrogen-bond acceptors (Lipinski definition) is 6. The molecule has 0 aliphatic rings. The van der Waals surface area contributed by atoms with E-state index in [0.717, 1.165) is 12.0 Å². The van der Waals surface area contributed by atoms with Crippen LogP contribution in [-0.2, 0) is 6.42 Å². The highest BCUT2D eigenvalue weighted by molar-refractivity contribution is 7.17. The van der Waals surface area contributed by atoms with Gasteiger partial charge in [0.25, 0.3) is 11.5 Å². The summed E-state index contributed by atoms with van der Waals surface area (Å²) >= 11 is 1.22. The molecular formula is C20H17N5O2S. The second-order valence-electron chi connectivity index (χ2n) is 6.29. The van der Waals surface area contributed by atoms with E-state index in [1.54, 1.807) is 48.1 Å². The molecule has 4 rings (SSSR count). The van der Waals surface area contributed by atoms with Gasteiger partial charge in [-0.2, -0.15) is 0 Å². The van der Waals surface area contributed by atoms with Gasteiger partial charge in [0.05, 0.1) is 5.56 Å². The SMILES string of the molecule is CN(CCc1ccncc1)C(=O)c1csc2c(=O)[nH]c(-c3ccccn3)nc12. The summed E-state index contributed by atoms with van der Waals surface area (Å²) in [6.07, 6.45) is 5.82. The average Bonchev–Trinajstić information content (AvgIpc) is 3.17. The van der Waals surface area contributed by atoms with Crippen molar-refractivity contribution in [2.75, 3.05) is 13.6 Å². The maximum absolute atomic E-state index is 13.0. The first-order valence-corrected chi connectivity index (χ1v) is 9.59. The van der Waals surface area contributed by atoms with Gasteiger partial charge < -0.3 is 9.88 Å². The van der Waals surface area contributed by atoms with Crippen LogP contribution in [0.4, 0.5) is 0 Å². The van der Waals surface area contributed by atoms with Gasteiger partial charge >= 0.3 is 0 Å². The highest BCUT2D eigenvalue weighted by atomic mass is 32.1. The minimum atomic E-state index is -0.269. The largest absolute Gasteiger partial charge is 0.341 e. The normalized spacial score (nSPS) is 10.9. The maximum Gasteiger partial charge on any atom is 0.269 e. The molecule has 0 saturated carbocycles. The summed E-state index contributed by atoms with van der Waals surface area (Å²) in [6.45, 7) is 0.552. The van der Waals surface area contributed by atoms with Crippen LogP contribution in [0.25, 0.3) is 21.7 Å². The second-order valence-corrected chi connectivity index (χ2v) is 7.17. The summed E-state index contributed by atoms with van der Waals surface area (Å²) < 4.78 is 0.436. The van der Waals surface area contributed by atoms with Gasteiger partial charge in [-0.05, 0) is 36.2 Å². The minimum Gasteiger partial charge on any atom is -0.341 e. The fourth-order valence-electron chi connectivity index (χ4n) is 2.86. The number of aromatic nitrogens is 4. The smallest absolute Gasteiger partial charge is 0.269 e. The number of amides is 1. The Labute approximate surface area is 164 Å². The van der Waals surface area contributed by atoms with Crippen LogP contribution in [0.15, 0.2) is 59.1 Å². The van der Waals surface area contributed by atoms with Crippen LogP contribution >= 0.6 is 11.3 Å². The van der Waals surface area contributed by atoms with Gasteiger partial charge in [-0.15, -0.1) is 11.3 Å². The van der Waals surface area contributed by atoms with Crippen molar-refractivity contribution in [3.63, 3.8) is 0 Å². The fourth-order valence-corrected chi connectivity index (χ4v) is 3.73. The van der Waals surface area contributed by atoms with E-state index in [2.05, 4.69) is 19.9 Å². The lowest BCUT2D eigenvalue weighted by Crippen LogP contribution is -2.29. The molecular weight excluding hydrogens is 374 g/mol. The molecule has 0 saturated heterocycles. The highest BCUT2D eigenvalue weighted by Crippen LogP contribution is 2.24. The van der Waals surface area contributed by atoms with Crippen molar-refractivity contribution in [1.82, 2.24) is 24.8 Å². The van der Waals surface area contributed by atoms with Crippen LogP contribution in [0.1, 0.15) is 15.9 Å². The highest BCUT2D eigenvalue weighted by Gasteiger charge is 2.20. The number of likely N-dealkylation sites (N-methyl/N-ethyl adjacent to an activating group) is 1. The first kappa shape index (κ1) is 18.0. The Kier molecular flexibility index (Phi) is 4.94. The standard InChI is InChI=1S/C20H17N5O2S/c1-25(11-7-13-5-9-21-10-6-13)20(27)14-12-28-17-16(14)23-18(24-19(17)26)15-4-2-3-8-22-15/h2-6,8-10,12H,7,11H2,1H3,(H,23,24,26). The van der Waals surface area contributed by atoms with Gasteiger partial charge in [0, 0.05) is 37.6 Å². The molecule has 0 bridgehead atoms. The molecule has 0 unspecified atom stereocenters. The fraction of sp³-hybridized carbons (Fsp3) is 0.150. The molecule has 140 valence electrons. The predicted octanol–water partition coefficient (Wildman–Crippen LogP) is 2.76. The van der Waals surface area contributed by atoms with Gasteiger partial charge in [0.1, 0.15) is 15.9 Å². The van der Waals surface area contributed by atoms with E-state index in [9.17, 15) is 9.59 Å². The lowest BCUT2D eigenvalue weighted by molar-refractivity contribution is 0.0799. The minimum absolute atomic E-state index is 0.162. The predicted molar refractivity (Wildman–Crippen MR) is 108 cm³/mol. The number of nitrogens with one attached hydrogen (secondary N) is 1. The van der Waals surface area contributed by atoms with Crippen molar-refractivity contribution in [2.45, 2.75) is 6.42 Å². The van der Waals surface area contributed by atoms with E-state index < -0.39 is 0 Å². The summed E-state index contributed by atoms with van der Waals surface area (Å²) in [5.74, 6) is 0.190. The molecule has 4 aromatic rings. The maximum atomic E-state index is 13.0. The van der Waals surface area contributed by atoms with Crippen molar-refractivity contribution >= 4 is 27.5 Å². The summed E-state index contributed by atoms with van der Waals surface area (Å²) in [5, 5.41) is 1.69. The summed E-state index contributed by atoms with van der Waals surface area (Å²) in [5.41, 5.74) is 2.23. The third-order valence-electron chi connectivity index (χ3n) is 4.40. The zero-order valence-corrected chi connectivity index (χ0v) is 15.9. The number of thiophene rings is 1. The van der Waals surface area contributed by atoms with Crippen molar-refractivity contribution in [2.24, 2.45) is 0 Å². The van der Waals surface area contributed by atoms with Crippen LogP contribution in [-0.4, -0.2) is 44.3 Å². The molecule has 0 aromatic carbocycles. The van der Waals surface area contributed by atoms with Gasteiger partial charge in [-0.3, -0.25) is 19.6 Å². The molecule has 4 heterocycles. The summed E-state index contributed by atoms with van der Waals surface area (Å²) in [7, 11) is 1.75. The van der Waals surface area contributed by atoms with E-state index in [1.807, 2.05) is 18.2 Å². The number of carbonyl (C=O) groups excluding carboxylic acids is 1. The Balaban J connectivity index is 1.63. The van der Waals surface area contributed by atoms with Gasteiger partial charge in [-0.1, -0.05) is 6.07 Å². The Morgan fingerprint density at radius 3 is 2.75 bits per heavy atom. The summed E-state index contributed by atoms with van der Waals surface area (Å²) in [6, 6.07) is 9.23. The number of H-pyrrole nitrogens is 1. The van der Waals surface area contributed by atoms with Crippen LogP contribution in [0, 0.1) is 0 Å². The molecule has 8 heteroatoms. The molecule has 0 fully saturated rings. The molecule has 0 aliphatic carbocycles. The number of rotatable bonds is 5. The topological polar surface area (TPSA) is 91.8 Å². The van der Waals surface area contributed by atoms with Crippen LogP contribution in [0.5, 0.6) is 0 Å². The number of aromatic amines is 1. The van der Waals surface area contributed by atoms with Crippen molar-refractivity contribution in [3.05, 3.63) is 75.8 Å². The van der Waals surface area contributed by atoms with Crippen LogP contribution < -0.4 is 5.56 Å². The van der Waals surface area contributed by atoms with Crippen molar-refractivity contribution < 1.29 is 4.79 Å². The van der Waals surface area contributed by atoms with E-state index in [0.29, 0.717) is 33.8 Å². The molecule has 7 nitrogen and oxygen atoms in total. The van der Waals surface area contributed by atoms with Gasteiger partial charge in [0.15, 0.2) is 5.82 Å². The molecule has 0 spiro atoms. The molecule has 0 aliphatic heterocycles. The van der Waals surface area contributed by atoms with Crippen LogP contribution in [0.2, 0.25) is 0 Å². The zero-order valence-electron chi connectivity index (χ0n) is 15.1. The zero-order chi connectivity index (χ0) is 19.5. The molecule has 0 atom stereocenters. The number of carbonyl (C=O) groups is 1. The monoisotopic (exact) mass is 391 g/mol.